The molecule has 0 radical (unpaired) electrons. The number of carbonyl (C=O) groups is 1. The lowest BCUT2D eigenvalue weighted by atomic mass is 10.4. The van der Waals surface area contributed by atoms with E-state index in [0.29, 0.717) is 10.8 Å². The normalized spacial score (nSPS) is 11.0. The number of hydrogen-bond donors (Lipinski definition) is 2. The van der Waals surface area contributed by atoms with E-state index >= 15 is 0 Å². The lowest BCUT2D eigenvalue weighted by molar-refractivity contribution is 0.252. The van der Waals surface area contributed by atoms with Crippen molar-refractivity contribution in [3.8, 4) is 0 Å². The summed E-state index contributed by atoms with van der Waals surface area (Å²) in [4.78, 5) is 15.7. The van der Waals surface area contributed by atoms with Gasteiger partial charge in [-0.3, -0.25) is 5.32 Å². The molecule has 1 heterocycles. The monoisotopic (exact) mass is 339 g/mol. The molecule has 0 fully saturated rings. The average Bonchev–Trinajstić information content (AvgIpc) is 2.48. The molecule has 1 aromatic carbocycles. The van der Waals surface area contributed by atoms with Gasteiger partial charge in [-0.25, -0.2) is 18.2 Å². The smallest absolute Gasteiger partial charge is 0.320 e. The van der Waals surface area contributed by atoms with Gasteiger partial charge in [-0.15, -0.1) is 0 Å². The van der Waals surface area contributed by atoms with E-state index in [1.165, 1.54) is 24.3 Å². The molecule has 2 aromatic rings. The number of pyridine rings is 1. The van der Waals surface area contributed by atoms with Crippen molar-refractivity contribution in [1.29, 1.82) is 0 Å². The summed E-state index contributed by atoms with van der Waals surface area (Å²) in [6, 6.07) is 10.5. The molecule has 0 aliphatic rings. The van der Waals surface area contributed by atoms with Crippen molar-refractivity contribution in [2.45, 2.75) is 4.90 Å². The third-order valence-corrected chi connectivity index (χ3v) is 4.72. The zero-order valence-electron chi connectivity index (χ0n) is 11.5. The zero-order chi connectivity index (χ0) is 16.0. The van der Waals surface area contributed by atoms with Crippen LogP contribution in [-0.4, -0.2) is 31.7 Å². The maximum atomic E-state index is 12.1. The molecule has 0 aliphatic carbocycles. The number of anilines is 1. The standard InChI is InChI=1S/C14H14ClN3O3S/c15-11-4-6-12(7-5-11)22(20,21)10-9-17-14(19)18-13-3-1-2-8-16-13/h1-8H,9-10H2,(H2,16,17,18,19). The minimum atomic E-state index is -3.46. The maximum Gasteiger partial charge on any atom is 0.320 e. The number of benzene rings is 1. The van der Waals surface area contributed by atoms with E-state index in [4.69, 9.17) is 11.6 Å². The van der Waals surface area contributed by atoms with Gasteiger partial charge in [0.2, 0.25) is 0 Å². The van der Waals surface area contributed by atoms with Crippen LogP contribution in [0.3, 0.4) is 0 Å². The van der Waals surface area contributed by atoms with Crippen LogP contribution in [0.15, 0.2) is 53.6 Å². The summed E-state index contributed by atoms with van der Waals surface area (Å²) in [5, 5.41) is 5.44. The van der Waals surface area contributed by atoms with Gasteiger partial charge in [0.25, 0.3) is 0 Å². The average molecular weight is 340 g/mol. The first kappa shape index (κ1) is 16.3. The van der Waals surface area contributed by atoms with E-state index in [-0.39, 0.29) is 17.2 Å². The van der Waals surface area contributed by atoms with Crippen molar-refractivity contribution in [3.63, 3.8) is 0 Å². The second-order valence-electron chi connectivity index (χ2n) is 4.37. The SMILES string of the molecule is O=C(NCCS(=O)(=O)c1ccc(Cl)cc1)Nc1ccccn1. The molecule has 2 rings (SSSR count). The van der Waals surface area contributed by atoms with Crippen molar-refractivity contribution in [1.82, 2.24) is 10.3 Å². The highest BCUT2D eigenvalue weighted by Gasteiger charge is 2.14. The summed E-state index contributed by atoms with van der Waals surface area (Å²) in [6.45, 7) is -0.0103. The quantitative estimate of drug-likeness (QED) is 0.875. The van der Waals surface area contributed by atoms with Crippen LogP contribution in [0.25, 0.3) is 0 Å². The highest BCUT2D eigenvalue weighted by Crippen LogP contribution is 2.15. The second-order valence-corrected chi connectivity index (χ2v) is 6.91. The molecule has 8 heteroatoms. The highest BCUT2D eigenvalue weighted by molar-refractivity contribution is 7.91. The Labute approximate surface area is 133 Å². The Hall–Kier alpha value is -2.12. The molecule has 22 heavy (non-hydrogen) atoms. The number of rotatable bonds is 5. The Kier molecular flexibility index (Phi) is 5.35. The molecule has 0 saturated carbocycles. The topological polar surface area (TPSA) is 88.2 Å². The summed E-state index contributed by atoms with van der Waals surface area (Å²) in [6.07, 6.45) is 1.54. The number of sulfone groups is 1. The van der Waals surface area contributed by atoms with Gasteiger partial charge in [0.15, 0.2) is 9.84 Å². The Bertz CT molecular complexity index is 734. The Morgan fingerprint density at radius 3 is 2.50 bits per heavy atom. The summed E-state index contributed by atoms with van der Waals surface area (Å²) < 4.78 is 24.1. The fourth-order valence-electron chi connectivity index (χ4n) is 1.66. The van der Waals surface area contributed by atoms with E-state index in [2.05, 4.69) is 15.6 Å². The zero-order valence-corrected chi connectivity index (χ0v) is 13.1. The third kappa shape index (κ3) is 4.71. The van der Waals surface area contributed by atoms with Gasteiger partial charge in [-0.05, 0) is 36.4 Å². The number of nitrogens with zero attached hydrogens (tertiary/aromatic N) is 1. The van der Waals surface area contributed by atoms with Crippen molar-refractivity contribution in [2.24, 2.45) is 0 Å². The molecule has 0 aliphatic heterocycles. The Morgan fingerprint density at radius 2 is 1.86 bits per heavy atom. The van der Waals surface area contributed by atoms with Crippen LogP contribution in [0.2, 0.25) is 5.02 Å². The first-order valence-electron chi connectivity index (χ1n) is 6.41. The molecule has 0 unspecified atom stereocenters. The second kappa shape index (κ2) is 7.24. The van der Waals surface area contributed by atoms with Gasteiger partial charge in [0, 0.05) is 17.8 Å². The lowest BCUT2D eigenvalue weighted by Crippen LogP contribution is -2.33. The number of amides is 2. The van der Waals surface area contributed by atoms with Crippen LogP contribution >= 0.6 is 11.6 Å². The van der Waals surface area contributed by atoms with Crippen molar-refractivity contribution in [3.05, 3.63) is 53.7 Å². The minimum Gasteiger partial charge on any atom is -0.337 e. The van der Waals surface area contributed by atoms with E-state index in [1.54, 1.807) is 24.4 Å². The molecule has 2 N–H and O–H groups in total. The first-order valence-corrected chi connectivity index (χ1v) is 8.44. The number of urea groups is 1. The predicted molar refractivity (Wildman–Crippen MR) is 84.8 cm³/mol. The van der Waals surface area contributed by atoms with E-state index in [0.717, 1.165) is 0 Å². The number of halogens is 1. The molecule has 0 atom stereocenters. The summed E-state index contributed by atoms with van der Waals surface area (Å²) in [5.74, 6) is 0.185. The molecule has 0 saturated heterocycles. The molecular weight excluding hydrogens is 326 g/mol. The summed E-state index contributed by atoms with van der Waals surface area (Å²) >= 11 is 5.72. The molecule has 116 valence electrons. The third-order valence-electron chi connectivity index (χ3n) is 2.74. The molecule has 0 spiro atoms. The van der Waals surface area contributed by atoms with Gasteiger partial charge in [-0.1, -0.05) is 17.7 Å². The Morgan fingerprint density at radius 1 is 1.14 bits per heavy atom. The van der Waals surface area contributed by atoms with Crippen LogP contribution in [0.5, 0.6) is 0 Å². The van der Waals surface area contributed by atoms with Crippen LogP contribution in [-0.2, 0) is 9.84 Å². The van der Waals surface area contributed by atoms with Crippen LogP contribution in [0.4, 0.5) is 10.6 Å². The summed E-state index contributed by atoms with van der Waals surface area (Å²) in [5.41, 5.74) is 0. The van der Waals surface area contributed by atoms with Gasteiger partial charge >= 0.3 is 6.03 Å². The summed E-state index contributed by atoms with van der Waals surface area (Å²) in [7, 11) is -3.46. The highest BCUT2D eigenvalue weighted by atomic mass is 35.5. The first-order chi connectivity index (χ1) is 10.5. The van der Waals surface area contributed by atoms with Crippen molar-refractivity contribution < 1.29 is 13.2 Å². The fourth-order valence-corrected chi connectivity index (χ4v) is 2.94. The van der Waals surface area contributed by atoms with Crippen LogP contribution < -0.4 is 10.6 Å². The van der Waals surface area contributed by atoms with Crippen molar-refractivity contribution >= 4 is 33.3 Å². The van der Waals surface area contributed by atoms with E-state index < -0.39 is 15.9 Å². The van der Waals surface area contributed by atoms with Crippen LogP contribution in [0, 0.1) is 0 Å². The molecule has 1 aromatic heterocycles. The number of hydrogen-bond acceptors (Lipinski definition) is 4. The lowest BCUT2D eigenvalue weighted by Gasteiger charge is -2.08. The number of carbonyl (C=O) groups excluding carboxylic acids is 1. The molecule has 2 amide bonds. The predicted octanol–water partition coefficient (Wildman–Crippen LogP) is 2.33. The molecule has 0 bridgehead atoms. The number of aromatic nitrogens is 1. The Balaban J connectivity index is 1.85. The van der Waals surface area contributed by atoms with Gasteiger partial charge in [0.1, 0.15) is 5.82 Å². The molecule has 6 nitrogen and oxygen atoms in total. The van der Waals surface area contributed by atoms with E-state index in [1.807, 2.05) is 0 Å². The maximum absolute atomic E-state index is 12.1. The van der Waals surface area contributed by atoms with E-state index in [9.17, 15) is 13.2 Å². The van der Waals surface area contributed by atoms with Crippen molar-refractivity contribution in [2.75, 3.05) is 17.6 Å². The van der Waals surface area contributed by atoms with Gasteiger partial charge in [-0.2, -0.15) is 0 Å². The fraction of sp³-hybridized carbons (Fsp3) is 0.143. The molecular formula is C14H14ClN3O3S. The van der Waals surface area contributed by atoms with Gasteiger partial charge < -0.3 is 5.32 Å². The van der Waals surface area contributed by atoms with Crippen LogP contribution in [0.1, 0.15) is 0 Å². The van der Waals surface area contributed by atoms with Gasteiger partial charge in [0.05, 0.1) is 10.6 Å². The minimum absolute atomic E-state index is 0.0103. The largest absolute Gasteiger partial charge is 0.337 e. The number of nitrogens with one attached hydrogen (secondary N) is 2.